The molecule has 6 atom stereocenters. The van der Waals surface area contributed by atoms with Gasteiger partial charge in [-0.2, -0.15) is 0 Å². The Morgan fingerprint density at radius 2 is 0.915 bits per heavy atom. The van der Waals surface area contributed by atoms with Gasteiger partial charge in [0.1, 0.15) is 23.5 Å². The number of amides is 4. The number of esters is 2. The number of ether oxygens (including phenoxy) is 4. The lowest BCUT2D eigenvalue weighted by Gasteiger charge is -2.35. The molecule has 0 saturated carbocycles. The van der Waals surface area contributed by atoms with E-state index >= 15 is 8.78 Å². The fourth-order valence-corrected chi connectivity index (χ4v) is 13.7. The zero-order valence-corrected chi connectivity index (χ0v) is 53.9. The smallest absolute Gasteiger partial charge is 0.410 e. The third-order valence-electron chi connectivity index (χ3n) is 18.2. The van der Waals surface area contributed by atoms with Crippen molar-refractivity contribution in [2.45, 2.75) is 180 Å². The largest absolute Gasteiger partial charge is 0.464 e. The average Bonchev–Trinajstić information content (AvgIpc) is 1.60. The Morgan fingerprint density at radius 3 is 1.24 bits per heavy atom. The third kappa shape index (κ3) is 13.7. The van der Waals surface area contributed by atoms with Gasteiger partial charge in [-0.25, -0.2) is 55.5 Å². The number of piperidine rings is 2. The Morgan fingerprint density at radius 1 is 0.543 bits per heavy atom. The van der Waals surface area contributed by atoms with Crippen LogP contribution in [-0.4, -0.2) is 138 Å². The third-order valence-corrected chi connectivity index (χ3v) is 18.2. The summed E-state index contributed by atoms with van der Waals surface area (Å²) in [6.07, 6.45) is -2.21. The predicted molar refractivity (Wildman–Crippen MR) is 333 cm³/mol. The number of fused-ring (bicyclic) bond motifs is 4. The molecule has 2 saturated heterocycles. The number of aromatic nitrogens is 4. The highest BCUT2D eigenvalue weighted by Crippen LogP contribution is 2.44. The number of carbonyl (C=O) groups is 6. The van der Waals surface area contributed by atoms with Crippen molar-refractivity contribution in [3.05, 3.63) is 153 Å². The summed E-state index contributed by atoms with van der Waals surface area (Å²) in [4.78, 5) is 93.4. The van der Waals surface area contributed by atoms with Gasteiger partial charge in [0.2, 0.25) is 0 Å². The van der Waals surface area contributed by atoms with Crippen LogP contribution in [0.1, 0.15) is 195 Å². The number of likely N-dealkylation sites (tertiary alicyclic amines) is 2. The summed E-state index contributed by atoms with van der Waals surface area (Å²) < 4.78 is 114. The quantitative estimate of drug-likeness (QED) is 0.0571. The molecule has 2 aromatic heterocycles. The highest BCUT2D eigenvalue weighted by Gasteiger charge is 2.46. The maximum absolute atomic E-state index is 15.3. The number of alkyl halides is 6. The minimum atomic E-state index is -2.86. The fourth-order valence-electron chi connectivity index (χ4n) is 13.7. The van der Waals surface area contributed by atoms with E-state index in [1.165, 1.54) is 31.7 Å². The summed E-state index contributed by atoms with van der Waals surface area (Å²) in [7, 11) is 0. The molecule has 18 nitrogen and oxygen atoms in total. The van der Waals surface area contributed by atoms with E-state index in [9.17, 15) is 46.3 Å². The van der Waals surface area contributed by atoms with Gasteiger partial charge < -0.3 is 47.7 Å². The van der Waals surface area contributed by atoms with Gasteiger partial charge in [0.05, 0.1) is 50.3 Å². The van der Waals surface area contributed by atoms with E-state index in [4.69, 9.17) is 18.9 Å². The number of nitrogens with zero attached hydrogens (tertiary/aromatic N) is 8. The van der Waals surface area contributed by atoms with E-state index in [0.29, 0.717) is 72.4 Å². The van der Waals surface area contributed by atoms with Gasteiger partial charge in [0, 0.05) is 84.7 Å². The first kappa shape index (κ1) is 66.7. The molecule has 0 aliphatic carbocycles. The second-order valence-corrected chi connectivity index (χ2v) is 26.6. The van der Waals surface area contributed by atoms with Crippen molar-refractivity contribution in [3.8, 4) is 22.3 Å². The number of aryl methyl sites for hydroxylation is 2. The normalized spacial score (nSPS) is 20.0. The Bertz CT molecular complexity index is 3610. The molecular weight excluding hydrogens is 1230 g/mol. The minimum absolute atomic E-state index is 0.0863. The van der Waals surface area contributed by atoms with Crippen molar-refractivity contribution >= 4 is 35.9 Å². The van der Waals surface area contributed by atoms with Gasteiger partial charge in [-0.3, -0.25) is 9.59 Å². The number of benzene rings is 4. The van der Waals surface area contributed by atoms with Crippen LogP contribution in [0.5, 0.6) is 0 Å². The lowest BCUT2D eigenvalue weighted by molar-refractivity contribution is -0.150. The monoisotopic (exact) mass is 1300 g/mol. The number of rotatable bonds is 14. The number of hydrogen-bond acceptors (Lipinski definition) is 12. The van der Waals surface area contributed by atoms with Crippen LogP contribution < -0.4 is 0 Å². The van der Waals surface area contributed by atoms with Gasteiger partial charge in [-0.05, 0) is 163 Å². The molecule has 8 heterocycles. The summed E-state index contributed by atoms with van der Waals surface area (Å²) in [5.74, 6) is -3.29. The molecular formula is C70H78F6N8O10. The minimum Gasteiger partial charge on any atom is -0.464 e. The molecule has 94 heavy (non-hydrogen) atoms. The molecule has 24 heteroatoms. The molecule has 4 aromatic carbocycles. The van der Waals surface area contributed by atoms with Crippen molar-refractivity contribution < 1.29 is 74.1 Å². The van der Waals surface area contributed by atoms with E-state index in [1.807, 2.05) is 9.13 Å². The zero-order chi connectivity index (χ0) is 67.2. The number of hydrogen-bond donors (Lipinski definition) is 0. The topological polar surface area (TPSA) is 188 Å². The highest BCUT2D eigenvalue weighted by atomic mass is 19.3. The summed E-state index contributed by atoms with van der Waals surface area (Å²) >= 11 is 0. The number of halogens is 6. The first-order valence-corrected chi connectivity index (χ1v) is 32.1. The highest BCUT2D eigenvalue weighted by molar-refractivity contribution is 6.03. The van der Waals surface area contributed by atoms with E-state index < -0.39 is 96.3 Å². The first-order chi connectivity index (χ1) is 44.7. The van der Waals surface area contributed by atoms with Crippen LogP contribution in [0.2, 0.25) is 0 Å². The molecule has 0 bridgehead atoms. The average molecular weight is 1310 g/mol. The molecule has 0 radical (unpaired) electrons. The molecule has 6 aliphatic rings. The molecule has 2 unspecified atom stereocenters. The Balaban J connectivity index is 0.000000192. The van der Waals surface area contributed by atoms with Gasteiger partial charge in [-0.15, -0.1) is 0 Å². The summed E-state index contributed by atoms with van der Waals surface area (Å²) in [6, 6.07) is 17.5. The van der Waals surface area contributed by atoms with E-state index in [2.05, 4.69) is 9.97 Å². The molecule has 4 amide bonds. The molecule has 2 fully saturated rings. The van der Waals surface area contributed by atoms with Gasteiger partial charge in [0.25, 0.3) is 24.7 Å². The van der Waals surface area contributed by atoms with Crippen molar-refractivity contribution in [3.63, 3.8) is 0 Å². The lowest BCUT2D eigenvalue weighted by Crippen LogP contribution is -2.46. The summed E-state index contributed by atoms with van der Waals surface area (Å²) in [5, 5.41) is 0. The van der Waals surface area contributed by atoms with Crippen molar-refractivity contribution in [2.24, 2.45) is 0 Å². The maximum Gasteiger partial charge on any atom is 0.410 e. The van der Waals surface area contributed by atoms with Crippen LogP contribution in [0.4, 0.5) is 35.9 Å². The van der Waals surface area contributed by atoms with Crippen LogP contribution in [0.25, 0.3) is 22.3 Å². The van der Waals surface area contributed by atoms with Crippen LogP contribution in [0.15, 0.2) is 85.5 Å². The number of imidazole rings is 2. The summed E-state index contributed by atoms with van der Waals surface area (Å²) in [5.41, 5.74) is 4.59. The van der Waals surface area contributed by atoms with Crippen LogP contribution in [0, 0.1) is 0 Å². The van der Waals surface area contributed by atoms with Gasteiger partial charge in [0.15, 0.2) is 12.1 Å². The standard InChI is InChI=1S/2C35H39F3N4O5/c2*1-5-46-33(44)30(29-28-7-6-13-41(28)19-39-29)42-17-26-24(31(37)38)15-22(16-25(26)32(42)43)20-8-10-21(11-9-20)23-12-14-40(18-27(23)36)34(45)47-35(2,3)4/h2*8-11,15-16,19,23,27,30-31H,5-7,12-14,17-18H2,1-4H3/t2*23-,27+,30?/m10/s1. The van der Waals surface area contributed by atoms with Crippen LogP contribution in [-0.2, 0) is 67.6 Å². The van der Waals surface area contributed by atoms with E-state index in [1.54, 1.807) is 129 Å². The van der Waals surface area contributed by atoms with Gasteiger partial charge >= 0.3 is 24.1 Å². The molecule has 0 spiro atoms. The molecule has 500 valence electrons. The van der Waals surface area contributed by atoms with E-state index in [-0.39, 0.29) is 72.8 Å². The molecule has 12 rings (SSSR count). The van der Waals surface area contributed by atoms with Crippen LogP contribution >= 0.6 is 0 Å². The molecule has 6 aromatic rings. The second-order valence-electron chi connectivity index (χ2n) is 26.6. The van der Waals surface area contributed by atoms with E-state index in [0.717, 1.165) is 48.4 Å². The van der Waals surface area contributed by atoms with Crippen molar-refractivity contribution in [1.29, 1.82) is 0 Å². The Labute approximate surface area is 541 Å². The van der Waals surface area contributed by atoms with Crippen molar-refractivity contribution in [1.82, 2.24) is 38.7 Å². The number of carbonyl (C=O) groups excluding carboxylic acids is 6. The Kier molecular flexibility index (Phi) is 19.1. The SMILES string of the molecule is CCOC(=O)C(c1ncn2c1CCC2)N1Cc2c(cc(-c3ccc([C@@H]4CCN(C(=O)OC(C)(C)C)C[C@H]4F)cc3)cc2C(F)F)C1=O.CCOC(=O)C(c1ncn2c1CCC2)N1Cc2c(cc(-c3ccc([C@H]4CCN(C(=O)OC(C)(C)C)C[C@@H]4F)cc3)cc2C(F)F)C1=O. The van der Waals surface area contributed by atoms with Crippen molar-refractivity contribution in [2.75, 3.05) is 39.4 Å². The zero-order valence-electron chi connectivity index (χ0n) is 53.9. The fraction of sp³-hybridized carbons (Fsp3) is 0.486. The second kappa shape index (κ2) is 27.0. The molecule has 6 aliphatic heterocycles. The Hall–Kier alpha value is -8.70. The van der Waals surface area contributed by atoms with Crippen LogP contribution in [0.3, 0.4) is 0 Å². The first-order valence-electron chi connectivity index (χ1n) is 32.1. The molecule has 0 N–H and O–H groups in total. The van der Waals surface area contributed by atoms with Gasteiger partial charge in [-0.1, -0.05) is 48.5 Å². The summed E-state index contributed by atoms with van der Waals surface area (Å²) in [6.45, 7) is 15.7. The lowest BCUT2D eigenvalue weighted by atomic mass is 9.87. The predicted octanol–water partition coefficient (Wildman–Crippen LogP) is 13.5. The maximum atomic E-state index is 15.3.